The predicted molar refractivity (Wildman–Crippen MR) is 321 cm³/mol. The number of nitrogens with zero attached hydrogens (tertiary/aromatic N) is 8. The molecule has 0 saturated carbocycles. The number of aromatic nitrogens is 3. The maximum atomic E-state index is 13.2. The molecule has 0 spiro atoms. The number of nitrogens with two attached hydrogens (primary N) is 1. The van der Waals surface area contributed by atoms with E-state index in [-0.39, 0.29) is 49.9 Å². The number of carboxylic acid groups (broad SMARTS) is 1. The second-order valence-electron chi connectivity index (χ2n) is 17.4. The lowest BCUT2D eigenvalue weighted by Gasteiger charge is -2.32. The topological polar surface area (TPSA) is 239 Å². The average Bonchev–Trinajstić information content (AvgIpc) is 4.34. The van der Waals surface area contributed by atoms with Crippen LogP contribution in [0, 0.1) is 19.7 Å². The highest BCUT2D eigenvalue weighted by molar-refractivity contribution is 7.21. The summed E-state index contributed by atoms with van der Waals surface area (Å²) in [6, 6.07) is 14.7. The van der Waals surface area contributed by atoms with Crippen molar-refractivity contribution in [3.63, 3.8) is 0 Å². The van der Waals surface area contributed by atoms with Gasteiger partial charge in [0.15, 0.2) is 5.82 Å². The van der Waals surface area contributed by atoms with Gasteiger partial charge in [-0.25, -0.2) is 37.5 Å². The number of hydrogen-bond donors (Lipinski definition) is 4. The Kier molecular flexibility index (Phi) is 23.5. The van der Waals surface area contributed by atoms with Gasteiger partial charge in [-0.15, -0.1) is 34.0 Å². The first-order valence-electron chi connectivity index (χ1n) is 23.7. The summed E-state index contributed by atoms with van der Waals surface area (Å²) in [6.07, 6.45) is -0.261. The van der Waals surface area contributed by atoms with Gasteiger partial charge in [0, 0.05) is 86.1 Å². The number of primary amides is 1. The van der Waals surface area contributed by atoms with E-state index in [1.165, 1.54) is 23.7 Å². The van der Waals surface area contributed by atoms with E-state index in [0.717, 1.165) is 32.6 Å². The molecule has 7 aromatic rings. The second kappa shape index (κ2) is 29.5. The van der Waals surface area contributed by atoms with Gasteiger partial charge in [0.2, 0.25) is 17.1 Å². The molecule has 3 saturated heterocycles. The zero-order valence-corrected chi connectivity index (χ0v) is 49.5. The zero-order valence-electron chi connectivity index (χ0n) is 42.5. The number of aromatic carboxylic acids is 1. The molecule has 18 nitrogen and oxygen atoms in total. The Labute approximate surface area is 509 Å². The van der Waals surface area contributed by atoms with Crippen LogP contribution in [-0.2, 0) is 14.2 Å². The fourth-order valence-corrected chi connectivity index (χ4v) is 13.8. The number of morpholine rings is 3. The monoisotopic (exact) mass is 1300 g/mol. The van der Waals surface area contributed by atoms with Crippen LogP contribution in [0.4, 0.5) is 45.2 Å². The van der Waals surface area contributed by atoms with Gasteiger partial charge in [0.1, 0.15) is 49.5 Å². The van der Waals surface area contributed by atoms with Crippen LogP contribution in [-0.4, -0.2) is 135 Å². The number of alkyl halides is 3. The number of anilines is 3. The molecular formula is C52H46Cl6F3N11O7S3. The molecule has 432 valence electrons. The molecule has 3 unspecified atom stereocenters. The quantitative estimate of drug-likeness (QED) is 0.0836. The van der Waals surface area contributed by atoms with Crippen LogP contribution >= 0.6 is 104 Å². The van der Waals surface area contributed by atoms with E-state index in [4.69, 9.17) is 109 Å². The van der Waals surface area contributed by atoms with Gasteiger partial charge in [0.25, 0.3) is 5.91 Å². The highest BCUT2D eigenvalue weighted by Gasteiger charge is 2.34. The van der Waals surface area contributed by atoms with E-state index in [1.54, 1.807) is 53.4 Å². The summed E-state index contributed by atoms with van der Waals surface area (Å²) >= 11 is 40.4. The molecule has 3 aliphatic heterocycles. The van der Waals surface area contributed by atoms with Crippen molar-refractivity contribution in [2.24, 2.45) is 5.73 Å². The number of H-pyrrole nitrogens is 1. The maximum Gasteiger partial charge on any atom is 0.345 e. The minimum Gasteiger partial charge on any atom is -0.477 e. The number of aromatic amines is 1. The SMILES string of the molecule is N.O.[C-]#[N+]c1c(N2CCOC(CF)C2)sc(-c2ncn[nH]2)c1-c1ccc(Cl)cc1Cl.[C-]#[N+]c1c(N2CCOC(CF)C2)sc(C(=O)O)c1-c1ccc(Cl)cc1Cl.[C-]#[N+]c1c(N2CCOC(CF)C2)sc(C(N)=O)c1-c1ccc(Cl)cc1Cl. The number of rotatable bonds is 12. The normalized spacial score (nSPS) is 16.7. The zero-order chi connectivity index (χ0) is 57.4. The Hall–Kier alpha value is -5.96. The Morgan fingerprint density at radius 2 is 1.00 bits per heavy atom. The smallest absolute Gasteiger partial charge is 0.345 e. The van der Waals surface area contributed by atoms with E-state index in [1.807, 2.05) is 9.80 Å². The van der Waals surface area contributed by atoms with Gasteiger partial charge in [-0.05, 0) is 53.1 Å². The number of carbonyl (C=O) groups excluding carboxylic acids is 1. The first-order chi connectivity index (χ1) is 38.5. The van der Waals surface area contributed by atoms with E-state index < -0.39 is 50.2 Å². The molecule has 7 heterocycles. The van der Waals surface area contributed by atoms with Gasteiger partial charge in [-0.2, -0.15) is 5.10 Å². The molecule has 30 heteroatoms. The molecule has 82 heavy (non-hydrogen) atoms. The van der Waals surface area contributed by atoms with Crippen LogP contribution in [0.1, 0.15) is 19.3 Å². The van der Waals surface area contributed by atoms with Gasteiger partial charge in [0.05, 0.1) is 64.3 Å². The molecular weight excluding hydrogens is 1260 g/mol. The Balaban J connectivity index is 0.000000196. The van der Waals surface area contributed by atoms with E-state index in [9.17, 15) is 27.9 Å². The molecule has 4 aromatic heterocycles. The number of ether oxygens (including phenoxy) is 3. The Morgan fingerprint density at radius 1 is 0.634 bits per heavy atom. The van der Waals surface area contributed by atoms with Gasteiger partial charge >= 0.3 is 5.97 Å². The largest absolute Gasteiger partial charge is 0.477 e. The van der Waals surface area contributed by atoms with Gasteiger partial charge < -0.3 is 51.4 Å². The minimum atomic E-state index is -1.15. The molecule has 3 aromatic carbocycles. The molecule has 0 bridgehead atoms. The minimum absolute atomic E-state index is 0. The highest BCUT2D eigenvalue weighted by Crippen LogP contribution is 2.55. The molecule has 10 rings (SSSR count). The summed E-state index contributed by atoms with van der Waals surface area (Å²) in [6.45, 7) is 24.7. The van der Waals surface area contributed by atoms with Gasteiger partial charge in [-0.1, -0.05) is 87.8 Å². The van der Waals surface area contributed by atoms with Crippen LogP contribution in [0.5, 0.6) is 0 Å². The van der Waals surface area contributed by atoms with Crippen molar-refractivity contribution in [2.45, 2.75) is 18.3 Å². The third-order valence-electron chi connectivity index (χ3n) is 12.4. The summed E-state index contributed by atoms with van der Waals surface area (Å²) in [5.74, 6) is -1.26. The average molecular weight is 1300 g/mol. The van der Waals surface area contributed by atoms with Crippen LogP contribution < -0.4 is 26.6 Å². The van der Waals surface area contributed by atoms with Crippen LogP contribution in [0.3, 0.4) is 0 Å². The van der Waals surface area contributed by atoms with E-state index >= 15 is 0 Å². The number of carbonyl (C=O) groups is 2. The summed E-state index contributed by atoms with van der Waals surface area (Å²) < 4.78 is 55.2. The Bertz CT molecular complexity index is 3410. The second-order valence-corrected chi connectivity index (χ2v) is 22.9. The number of thiophene rings is 3. The predicted octanol–water partition coefficient (Wildman–Crippen LogP) is 14.3. The molecule has 1 amide bonds. The third kappa shape index (κ3) is 14.3. The van der Waals surface area contributed by atoms with Crippen molar-refractivity contribution in [3.05, 3.63) is 135 Å². The molecule has 0 aliphatic carbocycles. The first kappa shape index (κ1) is 65.2. The molecule has 3 atom stereocenters. The Morgan fingerprint density at radius 3 is 1.34 bits per heavy atom. The lowest BCUT2D eigenvalue weighted by Crippen LogP contribution is -2.43. The number of hydrogen-bond acceptors (Lipinski definition) is 14. The molecule has 3 aliphatic rings. The third-order valence-corrected chi connectivity index (χ3v) is 17.7. The van der Waals surface area contributed by atoms with Crippen molar-refractivity contribution < 1.29 is 47.6 Å². The fourth-order valence-electron chi connectivity index (χ4n) is 8.81. The van der Waals surface area contributed by atoms with Crippen LogP contribution in [0.15, 0.2) is 60.9 Å². The fraction of sp³-hybridized carbons (Fsp3) is 0.288. The summed E-state index contributed by atoms with van der Waals surface area (Å²) in [5.41, 5.74) is 9.38. The number of halogens is 9. The molecule has 9 N–H and O–H groups in total. The van der Waals surface area contributed by atoms with Gasteiger partial charge in [-0.3, -0.25) is 9.89 Å². The maximum absolute atomic E-state index is 13.2. The van der Waals surface area contributed by atoms with Crippen molar-refractivity contribution in [3.8, 4) is 44.1 Å². The molecule has 3 fully saturated rings. The van der Waals surface area contributed by atoms with Crippen molar-refractivity contribution in [1.82, 2.24) is 21.3 Å². The lowest BCUT2D eigenvalue weighted by atomic mass is 10.0. The van der Waals surface area contributed by atoms with Crippen molar-refractivity contribution in [1.29, 1.82) is 0 Å². The number of amides is 1. The van der Waals surface area contributed by atoms with Crippen molar-refractivity contribution >= 4 is 148 Å². The number of nitrogens with one attached hydrogen (secondary N) is 1. The summed E-state index contributed by atoms with van der Waals surface area (Å²) in [7, 11) is 0. The number of benzene rings is 3. The first-order valence-corrected chi connectivity index (χ1v) is 28.4. The molecule has 0 radical (unpaired) electrons. The summed E-state index contributed by atoms with van der Waals surface area (Å²) in [5, 5.41) is 20.6. The standard InChI is InChI=1S/C18H14Cl2FN5OS.C17H14Cl2FN3O2S.C17H13Cl2FN2O3S.H3N.H2O/c1-22-15-14(12-3-2-10(19)6-13(12)20)16(17-23-9-24-25-17)28-18(15)26-4-5-27-11(7-21)8-26;1-22-14-13(11-3-2-9(18)6-12(11)19)15(16(21)24)26-17(14)23-4-5-25-10(7-20)8-23;1-21-14-13(11-3-2-9(18)6-12(11)19)15(17(23)24)26-16(14)22-4-5-25-10(7-20)8-22;;/h2-3,6,9,11H,4-5,7-8H2,(H,23,24,25);2-3,6,10H,4-5,7-8H2,(H2,21,24);2-3,6,10H,4-5,7-8H2,(H,23,24);1H3;1H2. The summed E-state index contributed by atoms with van der Waals surface area (Å²) in [4.78, 5) is 45.7. The highest BCUT2D eigenvalue weighted by atomic mass is 35.5. The van der Waals surface area contributed by atoms with E-state index in [2.05, 4.69) is 29.7 Å². The van der Waals surface area contributed by atoms with Crippen LogP contribution in [0.2, 0.25) is 30.1 Å². The van der Waals surface area contributed by atoms with Crippen LogP contribution in [0.25, 0.3) is 58.6 Å². The number of carboxylic acids is 1. The van der Waals surface area contributed by atoms with E-state index in [0.29, 0.717) is 127 Å². The lowest BCUT2D eigenvalue weighted by molar-refractivity contribution is 0.0249. The van der Waals surface area contributed by atoms with Crippen molar-refractivity contribution in [2.75, 3.05) is 93.8 Å².